The maximum Gasteiger partial charge on any atom is 0.415 e. The number of carboxylic acids is 1. The van der Waals surface area contributed by atoms with E-state index in [1.807, 2.05) is 0 Å². The van der Waals surface area contributed by atoms with Crippen LogP contribution in [0.25, 0.3) is 0 Å². The summed E-state index contributed by atoms with van der Waals surface area (Å²) in [6, 6.07) is 4.03. The topological polar surface area (TPSA) is 83.6 Å². The largest absolute Gasteiger partial charge is 0.478 e. The smallest absolute Gasteiger partial charge is 0.415 e. The zero-order valence-corrected chi connectivity index (χ0v) is 11.1. The minimum Gasteiger partial charge on any atom is -0.478 e. The third-order valence-electron chi connectivity index (χ3n) is 3.51. The van der Waals surface area contributed by atoms with Crippen molar-refractivity contribution in [3.05, 3.63) is 29.3 Å². The second-order valence-electron chi connectivity index (χ2n) is 5.06. The van der Waals surface area contributed by atoms with Crippen molar-refractivity contribution in [1.29, 1.82) is 0 Å². The summed E-state index contributed by atoms with van der Waals surface area (Å²) < 4.78 is 38.6. The van der Waals surface area contributed by atoms with Gasteiger partial charge in [-0.2, -0.15) is 13.2 Å². The third kappa shape index (κ3) is 2.46. The Balaban J connectivity index is 2.41. The normalized spacial score (nSPS) is 17.3. The lowest BCUT2D eigenvalue weighted by Crippen LogP contribution is -2.62. The van der Waals surface area contributed by atoms with Gasteiger partial charge < -0.3 is 15.7 Å². The van der Waals surface area contributed by atoms with E-state index in [4.69, 9.17) is 10.8 Å². The van der Waals surface area contributed by atoms with Crippen LogP contribution in [0.3, 0.4) is 0 Å². The summed E-state index contributed by atoms with van der Waals surface area (Å²) >= 11 is 0. The first kappa shape index (κ1) is 15.3. The van der Waals surface area contributed by atoms with Crippen LogP contribution in [0.2, 0.25) is 0 Å². The summed E-state index contributed by atoms with van der Waals surface area (Å²) in [5.41, 5.74) is 2.81. The lowest BCUT2D eigenvalue weighted by Gasteiger charge is -2.31. The molecule has 1 aliphatic heterocycles. The molecule has 1 aromatic carbocycles. The lowest BCUT2D eigenvalue weighted by molar-refractivity contribution is -0.185. The standard InChI is InChI=1S/C13H13F3N2O3/c1-12(17,13(14,15)16)11(21)18-5-4-7-2-3-8(10(19)20)6-9(7)18/h2-3,6H,4-5,17H2,1H3,(H,19,20). The van der Waals surface area contributed by atoms with E-state index >= 15 is 0 Å². The van der Waals surface area contributed by atoms with Crippen molar-refractivity contribution >= 4 is 17.6 Å². The molecule has 1 heterocycles. The summed E-state index contributed by atoms with van der Waals surface area (Å²) in [5, 5.41) is 8.92. The number of hydrogen-bond acceptors (Lipinski definition) is 3. The molecule has 0 saturated carbocycles. The van der Waals surface area contributed by atoms with Crippen molar-refractivity contribution in [2.45, 2.75) is 25.1 Å². The first-order valence-electron chi connectivity index (χ1n) is 6.09. The van der Waals surface area contributed by atoms with E-state index in [0.29, 0.717) is 18.9 Å². The Morgan fingerprint density at radius 3 is 2.48 bits per heavy atom. The summed E-state index contributed by atoms with van der Waals surface area (Å²) in [4.78, 5) is 23.9. The second-order valence-corrected chi connectivity index (χ2v) is 5.06. The van der Waals surface area contributed by atoms with Gasteiger partial charge in [0, 0.05) is 12.2 Å². The van der Waals surface area contributed by atoms with Crippen LogP contribution in [0, 0.1) is 0 Å². The molecule has 1 aliphatic rings. The number of nitrogens with two attached hydrogens (primary N) is 1. The molecule has 0 aliphatic carbocycles. The number of amides is 1. The Kier molecular flexibility index (Phi) is 3.45. The number of benzene rings is 1. The minimum absolute atomic E-state index is 0.0418. The van der Waals surface area contributed by atoms with E-state index in [1.165, 1.54) is 18.2 Å². The number of aromatic carboxylic acids is 1. The van der Waals surface area contributed by atoms with E-state index in [0.717, 1.165) is 4.90 Å². The number of carbonyl (C=O) groups excluding carboxylic acids is 1. The molecule has 2 rings (SSSR count). The minimum atomic E-state index is -4.89. The highest BCUT2D eigenvalue weighted by atomic mass is 19.4. The number of halogens is 3. The number of carboxylic acid groups (broad SMARTS) is 1. The predicted molar refractivity (Wildman–Crippen MR) is 68.1 cm³/mol. The highest BCUT2D eigenvalue weighted by Gasteiger charge is 2.56. The molecule has 1 atom stereocenters. The fraction of sp³-hybridized carbons (Fsp3) is 0.385. The predicted octanol–water partition coefficient (Wildman–Crippen LogP) is 1.55. The molecular weight excluding hydrogens is 289 g/mol. The molecule has 3 N–H and O–H groups in total. The van der Waals surface area contributed by atoms with Crippen LogP contribution < -0.4 is 10.6 Å². The SMILES string of the molecule is CC(N)(C(=O)N1CCc2ccc(C(=O)O)cc21)C(F)(F)F. The molecule has 0 radical (unpaired) electrons. The van der Waals surface area contributed by atoms with Crippen molar-refractivity contribution in [1.82, 2.24) is 0 Å². The van der Waals surface area contributed by atoms with E-state index in [1.54, 1.807) is 0 Å². The van der Waals surface area contributed by atoms with Gasteiger partial charge in [0.15, 0.2) is 5.54 Å². The zero-order valence-electron chi connectivity index (χ0n) is 11.1. The number of carbonyl (C=O) groups is 2. The molecule has 0 saturated heterocycles. The molecule has 21 heavy (non-hydrogen) atoms. The monoisotopic (exact) mass is 302 g/mol. The molecule has 0 bridgehead atoms. The second kappa shape index (κ2) is 4.73. The quantitative estimate of drug-likeness (QED) is 0.868. The number of anilines is 1. The lowest BCUT2D eigenvalue weighted by atomic mass is 10.0. The van der Waals surface area contributed by atoms with Crippen molar-refractivity contribution in [3.8, 4) is 0 Å². The van der Waals surface area contributed by atoms with Crippen molar-refractivity contribution in [3.63, 3.8) is 0 Å². The van der Waals surface area contributed by atoms with Crippen LogP contribution in [0.4, 0.5) is 18.9 Å². The summed E-state index contributed by atoms with van der Waals surface area (Å²) in [5.74, 6) is -2.51. The van der Waals surface area contributed by atoms with Crippen LogP contribution in [0.5, 0.6) is 0 Å². The van der Waals surface area contributed by atoms with Crippen LogP contribution in [0.1, 0.15) is 22.8 Å². The van der Waals surface area contributed by atoms with Gasteiger partial charge in [0.05, 0.1) is 5.56 Å². The highest BCUT2D eigenvalue weighted by molar-refractivity contribution is 6.03. The maximum absolute atomic E-state index is 12.9. The molecule has 114 valence electrons. The Morgan fingerprint density at radius 1 is 1.33 bits per heavy atom. The summed E-state index contributed by atoms with van der Waals surface area (Å²) in [6.07, 6.45) is -4.54. The maximum atomic E-state index is 12.9. The fourth-order valence-electron chi connectivity index (χ4n) is 2.12. The van der Waals surface area contributed by atoms with Crippen LogP contribution in [-0.4, -0.2) is 35.2 Å². The van der Waals surface area contributed by atoms with Gasteiger partial charge in [-0.1, -0.05) is 6.07 Å². The molecule has 5 nitrogen and oxygen atoms in total. The Morgan fingerprint density at radius 2 is 1.95 bits per heavy atom. The Bertz CT molecular complexity index is 611. The van der Waals surface area contributed by atoms with Crippen molar-refractivity contribution < 1.29 is 27.9 Å². The molecule has 0 fully saturated rings. The van der Waals surface area contributed by atoms with Gasteiger partial charge >= 0.3 is 12.1 Å². The molecule has 0 aromatic heterocycles. The molecule has 8 heteroatoms. The van der Waals surface area contributed by atoms with Crippen molar-refractivity contribution in [2.75, 3.05) is 11.4 Å². The van der Waals surface area contributed by atoms with Gasteiger partial charge in [-0.15, -0.1) is 0 Å². The van der Waals surface area contributed by atoms with Gasteiger partial charge in [0.2, 0.25) is 0 Å². The number of hydrogen-bond donors (Lipinski definition) is 2. The van der Waals surface area contributed by atoms with Gasteiger partial charge in [0.25, 0.3) is 5.91 Å². The molecular formula is C13H13F3N2O3. The Hall–Kier alpha value is -2.09. The van der Waals surface area contributed by atoms with Gasteiger partial charge in [0.1, 0.15) is 0 Å². The van der Waals surface area contributed by atoms with E-state index < -0.39 is 23.6 Å². The fourth-order valence-corrected chi connectivity index (χ4v) is 2.12. The number of fused-ring (bicyclic) bond motifs is 1. The van der Waals surface area contributed by atoms with E-state index in [-0.39, 0.29) is 17.8 Å². The van der Waals surface area contributed by atoms with Gasteiger partial charge in [-0.3, -0.25) is 4.79 Å². The first-order chi connectivity index (χ1) is 9.55. The average molecular weight is 302 g/mol. The van der Waals surface area contributed by atoms with E-state index in [2.05, 4.69) is 0 Å². The molecule has 1 aromatic rings. The van der Waals surface area contributed by atoms with E-state index in [9.17, 15) is 22.8 Å². The van der Waals surface area contributed by atoms with Crippen LogP contribution >= 0.6 is 0 Å². The van der Waals surface area contributed by atoms with Gasteiger partial charge in [-0.05, 0) is 31.0 Å². The number of alkyl halides is 3. The van der Waals surface area contributed by atoms with Crippen LogP contribution in [0.15, 0.2) is 18.2 Å². The average Bonchev–Trinajstić information content (AvgIpc) is 2.78. The summed E-state index contributed by atoms with van der Waals surface area (Å²) in [7, 11) is 0. The third-order valence-corrected chi connectivity index (χ3v) is 3.51. The number of rotatable bonds is 2. The van der Waals surface area contributed by atoms with Gasteiger partial charge in [-0.25, -0.2) is 4.79 Å². The first-order valence-corrected chi connectivity index (χ1v) is 6.09. The summed E-state index contributed by atoms with van der Waals surface area (Å²) in [6.45, 7) is 0.647. The van der Waals surface area contributed by atoms with Crippen LogP contribution in [-0.2, 0) is 11.2 Å². The molecule has 1 unspecified atom stereocenters. The Labute approximate surface area is 118 Å². The number of nitrogens with zero attached hydrogens (tertiary/aromatic N) is 1. The molecule has 0 spiro atoms. The highest BCUT2D eigenvalue weighted by Crippen LogP contribution is 2.35. The zero-order chi connectivity index (χ0) is 16.0. The van der Waals surface area contributed by atoms with Crippen molar-refractivity contribution in [2.24, 2.45) is 5.73 Å². The molecule has 1 amide bonds.